The molecule has 0 atom stereocenters. The van der Waals surface area contributed by atoms with Gasteiger partial charge in [0.2, 0.25) is 5.88 Å². The summed E-state index contributed by atoms with van der Waals surface area (Å²) in [6.45, 7) is 0. The van der Waals surface area contributed by atoms with Crippen LogP contribution in [0.15, 0.2) is 60.8 Å². The summed E-state index contributed by atoms with van der Waals surface area (Å²) in [6.07, 6.45) is -3.09. The van der Waals surface area contributed by atoms with Crippen molar-refractivity contribution in [2.75, 3.05) is 0 Å². The molecule has 7 heteroatoms. The summed E-state index contributed by atoms with van der Waals surface area (Å²) in [5.74, 6) is -0.238. The zero-order valence-corrected chi connectivity index (χ0v) is 12.5. The van der Waals surface area contributed by atoms with Crippen LogP contribution in [0.25, 0.3) is 11.4 Å². The van der Waals surface area contributed by atoms with E-state index in [-0.39, 0.29) is 16.3 Å². The molecule has 1 N–H and O–H groups in total. The van der Waals surface area contributed by atoms with Gasteiger partial charge in [0.15, 0.2) is 4.77 Å². The molecule has 1 heterocycles. The van der Waals surface area contributed by atoms with Crippen molar-refractivity contribution in [2.24, 2.45) is 0 Å². The molecular formula is C16H11F3N2OS. The Labute approximate surface area is 134 Å². The molecule has 2 aromatic carbocycles. The van der Waals surface area contributed by atoms with E-state index < -0.39 is 11.7 Å². The Balaban J connectivity index is 2.16. The molecule has 0 bridgehead atoms. The third-order valence-corrected chi connectivity index (χ3v) is 3.72. The molecule has 0 fully saturated rings. The standard InChI is InChI=1S/C16H11F3N2OS/c17-16(18,19)11-5-4-8-13(9-11)21-14(22)10-20(15(21)23)12-6-2-1-3-7-12/h1-10,22H. The van der Waals surface area contributed by atoms with Gasteiger partial charge in [-0.2, -0.15) is 13.2 Å². The van der Waals surface area contributed by atoms with Gasteiger partial charge in [0.1, 0.15) is 0 Å². The van der Waals surface area contributed by atoms with Gasteiger partial charge >= 0.3 is 6.18 Å². The number of aromatic nitrogens is 2. The van der Waals surface area contributed by atoms with Crippen LogP contribution in [0.1, 0.15) is 5.56 Å². The van der Waals surface area contributed by atoms with Crippen LogP contribution in [0, 0.1) is 4.77 Å². The van der Waals surface area contributed by atoms with E-state index >= 15 is 0 Å². The molecule has 1 aromatic heterocycles. The minimum Gasteiger partial charge on any atom is -0.493 e. The molecule has 0 unspecified atom stereocenters. The van der Waals surface area contributed by atoms with E-state index in [9.17, 15) is 18.3 Å². The van der Waals surface area contributed by atoms with Crippen LogP contribution in [-0.2, 0) is 6.18 Å². The van der Waals surface area contributed by atoms with Gasteiger partial charge < -0.3 is 5.11 Å². The lowest BCUT2D eigenvalue weighted by Crippen LogP contribution is -2.06. The second-order valence-corrected chi connectivity index (χ2v) is 5.22. The maximum Gasteiger partial charge on any atom is 0.416 e. The number of hydrogen-bond acceptors (Lipinski definition) is 2. The number of nitrogens with zero attached hydrogens (tertiary/aromatic N) is 2. The van der Waals surface area contributed by atoms with Gasteiger partial charge in [-0.3, -0.25) is 9.13 Å². The van der Waals surface area contributed by atoms with E-state index in [4.69, 9.17) is 12.2 Å². The Morgan fingerprint density at radius 3 is 2.22 bits per heavy atom. The molecule has 3 nitrogen and oxygen atoms in total. The molecule has 3 rings (SSSR count). The highest BCUT2D eigenvalue weighted by Crippen LogP contribution is 2.31. The van der Waals surface area contributed by atoms with Crippen molar-refractivity contribution in [3.8, 4) is 17.3 Å². The Morgan fingerprint density at radius 2 is 1.57 bits per heavy atom. The van der Waals surface area contributed by atoms with Gasteiger partial charge in [-0.15, -0.1) is 0 Å². The lowest BCUT2D eigenvalue weighted by Gasteiger charge is -2.10. The smallest absolute Gasteiger partial charge is 0.416 e. The van der Waals surface area contributed by atoms with E-state index in [1.807, 2.05) is 6.07 Å². The van der Waals surface area contributed by atoms with Crippen LogP contribution in [-0.4, -0.2) is 14.2 Å². The largest absolute Gasteiger partial charge is 0.493 e. The number of alkyl halides is 3. The van der Waals surface area contributed by atoms with E-state index in [0.717, 1.165) is 12.1 Å². The van der Waals surface area contributed by atoms with Crippen LogP contribution in [0.4, 0.5) is 13.2 Å². The first kappa shape index (κ1) is 15.4. The predicted octanol–water partition coefficient (Wildman–Crippen LogP) is 4.72. The van der Waals surface area contributed by atoms with Gasteiger partial charge in [0.05, 0.1) is 17.4 Å². The van der Waals surface area contributed by atoms with Crippen LogP contribution >= 0.6 is 12.2 Å². The van der Waals surface area contributed by atoms with Crippen LogP contribution in [0.2, 0.25) is 0 Å². The minimum atomic E-state index is -4.46. The SMILES string of the molecule is Oc1cn(-c2ccccc2)c(=S)n1-c1cccc(C(F)(F)F)c1. The molecule has 0 aliphatic heterocycles. The topological polar surface area (TPSA) is 30.1 Å². The summed E-state index contributed by atoms with van der Waals surface area (Å²) in [7, 11) is 0. The lowest BCUT2D eigenvalue weighted by molar-refractivity contribution is -0.137. The van der Waals surface area contributed by atoms with E-state index in [0.29, 0.717) is 5.69 Å². The summed E-state index contributed by atoms with van der Waals surface area (Å²) >= 11 is 5.30. The van der Waals surface area contributed by atoms with Crippen LogP contribution < -0.4 is 0 Å². The average molecular weight is 336 g/mol. The second-order valence-electron chi connectivity index (χ2n) is 4.86. The highest BCUT2D eigenvalue weighted by Gasteiger charge is 2.30. The first-order valence-electron chi connectivity index (χ1n) is 6.64. The number of para-hydroxylation sites is 1. The normalized spacial score (nSPS) is 11.6. The Bertz CT molecular complexity index is 898. The zero-order chi connectivity index (χ0) is 16.6. The molecule has 118 valence electrons. The summed E-state index contributed by atoms with van der Waals surface area (Å²) in [6, 6.07) is 13.7. The first-order valence-corrected chi connectivity index (χ1v) is 7.05. The zero-order valence-electron chi connectivity index (χ0n) is 11.7. The highest BCUT2D eigenvalue weighted by atomic mass is 32.1. The minimum absolute atomic E-state index is 0.150. The molecule has 0 saturated carbocycles. The number of imidazole rings is 1. The molecule has 0 spiro atoms. The lowest BCUT2D eigenvalue weighted by atomic mass is 10.2. The van der Waals surface area contributed by atoms with Gasteiger partial charge in [-0.1, -0.05) is 24.3 Å². The third-order valence-electron chi connectivity index (χ3n) is 3.34. The Morgan fingerprint density at radius 1 is 0.913 bits per heavy atom. The molecule has 0 radical (unpaired) electrons. The molecule has 3 aromatic rings. The van der Waals surface area contributed by atoms with Crippen molar-refractivity contribution in [2.45, 2.75) is 6.18 Å². The maximum atomic E-state index is 12.9. The van der Waals surface area contributed by atoms with Crippen molar-refractivity contribution in [3.63, 3.8) is 0 Å². The van der Waals surface area contributed by atoms with Gasteiger partial charge in [-0.25, -0.2) is 0 Å². The third kappa shape index (κ3) is 2.87. The van der Waals surface area contributed by atoms with Gasteiger partial charge in [-0.05, 0) is 42.5 Å². The number of aromatic hydroxyl groups is 1. The molecular weight excluding hydrogens is 325 g/mol. The fourth-order valence-electron chi connectivity index (χ4n) is 2.27. The number of rotatable bonds is 2. The summed E-state index contributed by atoms with van der Waals surface area (Å²) in [4.78, 5) is 0. The Kier molecular flexibility index (Phi) is 3.73. The van der Waals surface area contributed by atoms with Crippen LogP contribution in [0.3, 0.4) is 0 Å². The molecule has 0 aliphatic rings. The number of hydrogen-bond donors (Lipinski definition) is 1. The van der Waals surface area contributed by atoms with E-state index in [1.165, 1.54) is 27.5 Å². The van der Waals surface area contributed by atoms with Crippen molar-refractivity contribution in [1.82, 2.24) is 9.13 Å². The predicted molar refractivity (Wildman–Crippen MR) is 82.6 cm³/mol. The van der Waals surface area contributed by atoms with E-state index in [2.05, 4.69) is 0 Å². The molecule has 0 aliphatic carbocycles. The molecule has 0 amide bonds. The van der Waals surface area contributed by atoms with Crippen molar-refractivity contribution >= 4 is 12.2 Å². The van der Waals surface area contributed by atoms with Crippen LogP contribution in [0.5, 0.6) is 5.88 Å². The summed E-state index contributed by atoms with van der Waals surface area (Å²) in [5.41, 5.74) is 0.0549. The molecule has 23 heavy (non-hydrogen) atoms. The fraction of sp³-hybridized carbons (Fsp3) is 0.0625. The number of halogens is 3. The van der Waals surface area contributed by atoms with Gasteiger partial charge in [0.25, 0.3) is 0 Å². The van der Waals surface area contributed by atoms with Crippen molar-refractivity contribution in [1.29, 1.82) is 0 Å². The molecule has 0 saturated heterocycles. The number of benzene rings is 2. The highest BCUT2D eigenvalue weighted by molar-refractivity contribution is 7.71. The quantitative estimate of drug-likeness (QED) is 0.686. The van der Waals surface area contributed by atoms with Crippen molar-refractivity contribution in [3.05, 3.63) is 71.1 Å². The van der Waals surface area contributed by atoms with Crippen molar-refractivity contribution < 1.29 is 18.3 Å². The summed E-state index contributed by atoms with van der Waals surface area (Å²) in [5, 5.41) is 10.1. The second kappa shape index (κ2) is 5.58. The maximum absolute atomic E-state index is 12.9. The summed E-state index contributed by atoms with van der Waals surface area (Å²) < 4.78 is 41.5. The Hall–Kier alpha value is -2.54. The van der Waals surface area contributed by atoms with E-state index in [1.54, 1.807) is 24.3 Å². The van der Waals surface area contributed by atoms with Gasteiger partial charge in [0, 0.05) is 5.69 Å². The first-order chi connectivity index (χ1) is 10.9. The fourth-order valence-corrected chi connectivity index (χ4v) is 2.63. The average Bonchev–Trinajstić information content (AvgIpc) is 2.82. The monoisotopic (exact) mass is 336 g/mol.